The van der Waals surface area contributed by atoms with Gasteiger partial charge in [-0.2, -0.15) is 0 Å². The van der Waals surface area contributed by atoms with E-state index in [0.29, 0.717) is 11.3 Å². The molecular formula is C23H14F2O4. The summed E-state index contributed by atoms with van der Waals surface area (Å²) in [5, 5.41) is 0.718. The van der Waals surface area contributed by atoms with Crippen LogP contribution in [-0.4, -0.2) is 12.4 Å². The molecule has 0 fully saturated rings. The first-order valence-electron chi connectivity index (χ1n) is 8.75. The standard InChI is InChI=1S/C23H14F2O4/c24-19-9-6-15(10-20(19)25)21(26)13-28-16-7-8-17-18(14-4-2-1-3-5-14)12-23(27)29-22(17)11-16/h1-12H,13H2. The van der Waals surface area contributed by atoms with Crippen LogP contribution in [0.5, 0.6) is 5.75 Å². The SMILES string of the molecule is O=C(COc1ccc2c(-c3ccccc3)cc(=O)oc2c1)c1ccc(F)c(F)c1. The molecule has 0 atom stereocenters. The molecule has 29 heavy (non-hydrogen) atoms. The van der Waals surface area contributed by atoms with Gasteiger partial charge in [-0.05, 0) is 41.5 Å². The Balaban J connectivity index is 1.60. The summed E-state index contributed by atoms with van der Waals surface area (Å²) < 4.78 is 37.0. The van der Waals surface area contributed by atoms with Crippen LogP contribution in [0.2, 0.25) is 0 Å². The van der Waals surface area contributed by atoms with Crippen molar-refractivity contribution in [3.05, 3.63) is 100 Å². The zero-order chi connectivity index (χ0) is 20.4. The fourth-order valence-electron chi connectivity index (χ4n) is 2.99. The van der Waals surface area contributed by atoms with E-state index in [2.05, 4.69) is 0 Å². The number of ether oxygens (including phenoxy) is 1. The van der Waals surface area contributed by atoms with E-state index in [-0.39, 0.29) is 12.2 Å². The molecule has 0 saturated heterocycles. The van der Waals surface area contributed by atoms with Gasteiger partial charge in [-0.15, -0.1) is 0 Å². The van der Waals surface area contributed by atoms with Crippen molar-refractivity contribution in [3.63, 3.8) is 0 Å². The second kappa shape index (κ2) is 7.67. The van der Waals surface area contributed by atoms with E-state index in [1.165, 1.54) is 18.2 Å². The van der Waals surface area contributed by atoms with Gasteiger partial charge in [-0.25, -0.2) is 13.6 Å². The number of halogens is 2. The monoisotopic (exact) mass is 392 g/mol. The van der Waals surface area contributed by atoms with Gasteiger partial charge in [0.1, 0.15) is 11.3 Å². The summed E-state index contributed by atoms with van der Waals surface area (Å²) in [7, 11) is 0. The Bertz CT molecular complexity index is 1260. The van der Waals surface area contributed by atoms with Crippen LogP contribution in [0.1, 0.15) is 10.4 Å². The average Bonchev–Trinajstić information content (AvgIpc) is 2.73. The minimum absolute atomic E-state index is 0.00239. The van der Waals surface area contributed by atoms with Crippen LogP contribution < -0.4 is 10.4 Å². The summed E-state index contributed by atoms with van der Waals surface area (Å²) in [5.74, 6) is -2.33. The van der Waals surface area contributed by atoms with E-state index >= 15 is 0 Å². The van der Waals surface area contributed by atoms with Crippen molar-refractivity contribution in [3.8, 4) is 16.9 Å². The Hall–Kier alpha value is -3.80. The van der Waals surface area contributed by atoms with Gasteiger partial charge < -0.3 is 9.15 Å². The largest absolute Gasteiger partial charge is 0.485 e. The molecule has 4 aromatic rings. The van der Waals surface area contributed by atoms with Crippen LogP contribution >= 0.6 is 0 Å². The van der Waals surface area contributed by atoms with Crippen LogP contribution in [0.4, 0.5) is 8.78 Å². The lowest BCUT2D eigenvalue weighted by Crippen LogP contribution is -2.12. The van der Waals surface area contributed by atoms with Gasteiger partial charge in [-0.1, -0.05) is 30.3 Å². The summed E-state index contributed by atoms with van der Waals surface area (Å²) in [4.78, 5) is 24.1. The maximum atomic E-state index is 13.3. The maximum Gasteiger partial charge on any atom is 0.336 e. The molecule has 4 nitrogen and oxygen atoms in total. The zero-order valence-electron chi connectivity index (χ0n) is 15.0. The first kappa shape index (κ1) is 18.6. The molecule has 0 aliphatic heterocycles. The van der Waals surface area contributed by atoms with E-state index in [1.54, 1.807) is 12.1 Å². The first-order valence-corrected chi connectivity index (χ1v) is 8.75. The number of carbonyl (C=O) groups is 1. The summed E-state index contributed by atoms with van der Waals surface area (Å²) in [6, 6.07) is 18.6. The molecule has 4 rings (SSSR count). The predicted octanol–water partition coefficient (Wildman–Crippen LogP) is 5.00. The Kier molecular flexibility index (Phi) is 4.91. The van der Waals surface area contributed by atoms with Crippen LogP contribution in [0.15, 0.2) is 82.0 Å². The molecular weight excluding hydrogens is 378 g/mol. The lowest BCUT2D eigenvalue weighted by Gasteiger charge is -2.09. The Morgan fingerprint density at radius 2 is 1.69 bits per heavy atom. The van der Waals surface area contributed by atoms with Crippen LogP contribution in [0, 0.1) is 11.6 Å². The molecule has 0 amide bonds. The summed E-state index contributed by atoms with van der Waals surface area (Å²) in [6.45, 7) is -0.376. The van der Waals surface area contributed by atoms with Gasteiger partial charge >= 0.3 is 5.63 Å². The fourth-order valence-corrected chi connectivity index (χ4v) is 2.99. The van der Waals surface area contributed by atoms with E-state index in [4.69, 9.17) is 9.15 Å². The highest BCUT2D eigenvalue weighted by Gasteiger charge is 2.12. The van der Waals surface area contributed by atoms with Crippen LogP contribution in [-0.2, 0) is 0 Å². The zero-order valence-corrected chi connectivity index (χ0v) is 15.0. The van der Waals surface area contributed by atoms with Gasteiger partial charge in [0.05, 0.1) is 0 Å². The maximum absolute atomic E-state index is 13.3. The van der Waals surface area contributed by atoms with Crippen LogP contribution in [0.3, 0.4) is 0 Å². The number of fused-ring (bicyclic) bond motifs is 1. The van der Waals surface area contributed by atoms with E-state index in [1.807, 2.05) is 30.3 Å². The summed E-state index contributed by atoms with van der Waals surface area (Å²) in [5.41, 5.74) is 1.40. The van der Waals surface area contributed by atoms with Gasteiger partial charge in [0.25, 0.3) is 0 Å². The molecule has 0 aliphatic rings. The average molecular weight is 392 g/mol. The minimum atomic E-state index is -1.10. The number of Topliss-reactive ketones (excluding diaryl/α,β-unsaturated/α-hetero) is 1. The lowest BCUT2D eigenvalue weighted by atomic mass is 10.0. The van der Waals surface area contributed by atoms with E-state index in [0.717, 1.165) is 28.6 Å². The molecule has 0 unspecified atom stereocenters. The summed E-state index contributed by atoms with van der Waals surface area (Å²) >= 11 is 0. The fraction of sp³-hybridized carbons (Fsp3) is 0.0435. The Morgan fingerprint density at radius 3 is 2.45 bits per heavy atom. The molecule has 0 N–H and O–H groups in total. The third kappa shape index (κ3) is 3.91. The third-order valence-corrected chi connectivity index (χ3v) is 4.41. The minimum Gasteiger partial charge on any atom is -0.485 e. The van der Waals surface area contributed by atoms with E-state index in [9.17, 15) is 18.4 Å². The van der Waals surface area contributed by atoms with Crippen molar-refractivity contribution >= 4 is 16.8 Å². The normalized spacial score (nSPS) is 10.8. The number of carbonyl (C=O) groups excluding carboxylic acids is 1. The second-order valence-corrected chi connectivity index (χ2v) is 6.34. The number of ketones is 1. The van der Waals surface area contributed by atoms with Gasteiger partial charge in [0, 0.05) is 23.1 Å². The number of hydrogen-bond donors (Lipinski definition) is 0. The molecule has 0 spiro atoms. The molecule has 144 valence electrons. The van der Waals surface area contributed by atoms with Crippen molar-refractivity contribution in [2.75, 3.05) is 6.61 Å². The summed E-state index contributed by atoms with van der Waals surface area (Å²) in [6.07, 6.45) is 0. The molecule has 6 heteroatoms. The van der Waals surface area contributed by atoms with Crippen molar-refractivity contribution in [1.29, 1.82) is 0 Å². The van der Waals surface area contributed by atoms with E-state index < -0.39 is 23.0 Å². The van der Waals surface area contributed by atoms with Crippen LogP contribution in [0.25, 0.3) is 22.1 Å². The number of hydrogen-bond acceptors (Lipinski definition) is 4. The third-order valence-electron chi connectivity index (χ3n) is 4.41. The predicted molar refractivity (Wildman–Crippen MR) is 104 cm³/mol. The number of rotatable bonds is 5. The van der Waals surface area contributed by atoms with Crippen molar-refractivity contribution in [2.45, 2.75) is 0 Å². The lowest BCUT2D eigenvalue weighted by molar-refractivity contribution is 0.0921. The quantitative estimate of drug-likeness (QED) is 0.354. The van der Waals surface area contributed by atoms with Crippen molar-refractivity contribution in [1.82, 2.24) is 0 Å². The molecule has 1 heterocycles. The highest BCUT2D eigenvalue weighted by atomic mass is 19.2. The smallest absolute Gasteiger partial charge is 0.336 e. The molecule has 3 aromatic carbocycles. The molecule has 0 radical (unpaired) electrons. The first-order chi connectivity index (χ1) is 14.0. The van der Waals surface area contributed by atoms with Crippen molar-refractivity contribution in [2.24, 2.45) is 0 Å². The van der Waals surface area contributed by atoms with Gasteiger partial charge in [0.2, 0.25) is 0 Å². The number of benzene rings is 3. The second-order valence-electron chi connectivity index (χ2n) is 6.34. The molecule has 0 aliphatic carbocycles. The van der Waals surface area contributed by atoms with Gasteiger partial charge in [-0.3, -0.25) is 4.79 Å². The molecule has 0 saturated carbocycles. The van der Waals surface area contributed by atoms with Gasteiger partial charge in [0.15, 0.2) is 24.0 Å². The highest BCUT2D eigenvalue weighted by molar-refractivity contribution is 5.97. The van der Waals surface area contributed by atoms with Crippen molar-refractivity contribution < 1.29 is 22.7 Å². The highest BCUT2D eigenvalue weighted by Crippen LogP contribution is 2.29. The molecule has 0 bridgehead atoms. The molecule has 1 aromatic heterocycles. The Morgan fingerprint density at radius 1 is 0.897 bits per heavy atom. The topological polar surface area (TPSA) is 56.5 Å². The Labute approximate surface area is 164 Å².